The lowest BCUT2D eigenvalue weighted by Gasteiger charge is -2.13. The van der Waals surface area contributed by atoms with E-state index >= 15 is 0 Å². The molecule has 0 saturated carbocycles. The van der Waals surface area contributed by atoms with Crippen LogP contribution in [-0.2, 0) is 19.6 Å². The Bertz CT molecular complexity index is 572. The maximum Gasteiger partial charge on any atom is 0.123 e. The van der Waals surface area contributed by atoms with E-state index in [9.17, 15) is 4.39 Å². The van der Waals surface area contributed by atoms with E-state index in [0.717, 1.165) is 22.4 Å². The van der Waals surface area contributed by atoms with E-state index in [4.69, 9.17) is 15.6 Å². The van der Waals surface area contributed by atoms with Gasteiger partial charge in [-0.15, -0.1) is 0 Å². The van der Waals surface area contributed by atoms with Crippen LogP contribution in [0.5, 0.6) is 5.75 Å². The fraction of sp³-hybridized carbons (Fsp3) is 0.250. The van der Waals surface area contributed by atoms with E-state index in [1.807, 2.05) is 24.3 Å². The highest BCUT2D eigenvalue weighted by molar-refractivity contribution is 5.34. The molecule has 2 aromatic rings. The summed E-state index contributed by atoms with van der Waals surface area (Å²) >= 11 is 0. The number of nitrogens with two attached hydrogens (primary N) is 1. The minimum Gasteiger partial charge on any atom is -0.489 e. The minimum absolute atomic E-state index is 0.0744. The van der Waals surface area contributed by atoms with Crippen molar-refractivity contribution in [3.8, 4) is 5.75 Å². The van der Waals surface area contributed by atoms with E-state index in [1.54, 1.807) is 6.07 Å². The van der Waals surface area contributed by atoms with Crippen molar-refractivity contribution in [2.24, 2.45) is 5.73 Å². The highest BCUT2D eigenvalue weighted by Crippen LogP contribution is 2.21. The molecule has 0 radical (unpaired) electrons. The van der Waals surface area contributed by atoms with Crippen LogP contribution in [0.4, 0.5) is 4.39 Å². The van der Waals surface area contributed by atoms with Crippen LogP contribution in [0, 0.1) is 5.82 Å². The molecule has 0 fully saturated rings. The third-order valence-electron chi connectivity index (χ3n) is 3.13. The molecule has 3 N–H and O–H groups in total. The second kappa shape index (κ2) is 7.03. The maximum absolute atomic E-state index is 13.1. The second-order valence-electron chi connectivity index (χ2n) is 4.49. The minimum atomic E-state index is -0.296. The number of aliphatic hydroxyl groups is 1. The molecule has 2 rings (SSSR count). The number of hydrogen-bond donors (Lipinski definition) is 2. The lowest BCUT2D eigenvalue weighted by Crippen LogP contribution is -2.06. The maximum atomic E-state index is 13.1. The molecule has 0 spiro atoms. The Balaban J connectivity index is 2.13. The van der Waals surface area contributed by atoms with Crippen molar-refractivity contribution in [1.29, 1.82) is 0 Å². The Morgan fingerprint density at radius 1 is 1.05 bits per heavy atom. The monoisotopic (exact) mass is 275 g/mol. The summed E-state index contributed by atoms with van der Waals surface area (Å²) in [6.07, 6.45) is 0.545. The Morgan fingerprint density at radius 3 is 2.60 bits per heavy atom. The molecule has 3 nitrogen and oxygen atoms in total. The summed E-state index contributed by atoms with van der Waals surface area (Å²) in [5, 5.41) is 9.03. The zero-order valence-corrected chi connectivity index (χ0v) is 11.2. The predicted molar refractivity (Wildman–Crippen MR) is 75.9 cm³/mol. The average Bonchev–Trinajstić information content (AvgIpc) is 2.47. The van der Waals surface area contributed by atoms with Crippen LogP contribution in [0.1, 0.15) is 16.7 Å². The van der Waals surface area contributed by atoms with Crippen molar-refractivity contribution in [2.75, 3.05) is 6.61 Å². The lowest BCUT2D eigenvalue weighted by atomic mass is 10.1. The normalized spacial score (nSPS) is 10.6. The van der Waals surface area contributed by atoms with Crippen LogP contribution in [0.25, 0.3) is 0 Å². The van der Waals surface area contributed by atoms with Gasteiger partial charge in [-0.2, -0.15) is 0 Å². The quantitative estimate of drug-likeness (QED) is 0.851. The lowest BCUT2D eigenvalue weighted by molar-refractivity contribution is 0.283. The number of hydrogen-bond acceptors (Lipinski definition) is 3. The SMILES string of the molecule is NCc1cc(F)ccc1COc1ccccc1CCO. The molecule has 4 heteroatoms. The Hall–Kier alpha value is -1.91. The molecule has 0 heterocycles. The summed E-state index contributed by atoms with van der Waals surface area (Å²) in [5.74, 6) is 0.434. The Morgan fingerprint density at radius 2 is 1.85 bits per heavy atom. The van der Waals surface area contributed by atoms with E-state index in [2.05, 4.69) is 0 Å². The standard InChI is InChI=1S/C16H18FNO2/c17-15-6-5-13(14(9-15)10-18)11-20-16-4-2-1-3-12(16)7-8-19/h1-6,9,19H,7-8,10-11,18H2. The first-order valence-electron chi connectivity index (χ1n) is 6.53. The van der Waals surface area contributed by atoms with Gasteiger partial charge in [-0.1, -0.05) is 24.3 Å². The summed E-state index contributed by atoms with van der Waals surface area (Å²) < 4.78 is 18.9. The van der Waals surface area contributed by atoms with Crippen molar-refractivity contribution in [2.45, 2.75) is 19.6 Å². The molecule has 0 aliphatic rings. The van der Waals surface area contributed by atoms with E-state index in [-0.39, 0.29) is 19.0 Å². The van der Waals surface area contributed by atoms with Crippen molar-refractivity contribution in [3.63, 3.8) is 0 Å². The third kappa shape index (κ3) is 3.56. The molecule has 0 bridgehead atoms. The molecule has 0 aliphatic carbocycles. The number of rotatable bonds is 6. The van der Waals surface area contributed by atoms with Crippen molar-refractivity contribution in [3.05, 3.63) is 65.0 Å². The molecule has 2 aromatic carbocycles. The van der Waals surface area contributed by atoms with Crippen LogP contribution in [0.3, 0.4) is 0 Å². The van der Waals surface area contributed by atoms with Gasteiger partial charge in [-0.25, -0.2) is 4.39 Å². The van der Waals surface area contributed by atoms with Gasteiger partial charge in [0.1, 0.15) is 18.2 Å². The van der Waals surface area contributed by atoms with Gasteiger partial charge in [0.25, 0.3) is 0 Å². The second-order valence-corrected chi connectivity index (χ2v) is 4.49. The molecule has 0 amide bonds. The molecular formula is C16H18FNO2. The molecule has 20 heavy (non-hydrogen) atoms. The fourth-order valence-electron chi connectivity index (χ4n) is 2.05. The molecule has 0 atom stereocenters. The van der Waals surface area contributed by atoms with E-state index in [0.29, 0.717) is 13.0 Å². The van der Waals surface area contributed by atoms with Crippen LogP contribution >= 0.6 is 0 Å². The van der Waals surface area contributed by atoms with Gasteiger partial charge in [0.2, 0.25) is 0 Å². The highest BCUT2D eigenvalue weighted by atomic mass is 19.1. The molecule has 0 saturated heterocycles. The van der Waals surface area contributed by atoms with Gasteiger partial charge in [-0.3, -0.25) is 0 Å². The molecular weight excluding hydrogens is 257 g/mol. The summed E-state index contributed by atoms with van der Waals surface area (Å²) in [5.41, 5.74) is 8.17. The number of ether oxygens (including phenoxy) is 1. The number of para-hydroxylation sites is 1. The molecule has 0 aliphatic heterocycles. The topological polar surface area (TPSA) is 55.5 Å². The van der Waals surface area contributed by atoms with E-state index in [1.165, 1.54) is 12.1 Å². The highest BCUT2D eigenvalue weighted by Gasteiger charge is 2.06. The number of aliphatic hydroxyl groups excluding tert-OH is 1. The van der Waals surface area contributed by atoms with Crippen LogP contribution in [0.15, 0.2) is 42.5 Å². The van der Waals surface area contributed by atoms with Crippen molar-refractivity contribution >= 4 is 0 Å². The van der Waals surface area contributed by atoms with Crippen LogP contribution in [-0.4, -0.2) is 11.7 Å². The average molecular weight is 275 g/mol. The summed E-state index contributed by atoms with van der Waals surface area (Å²) in [7, 11) is 0. The zero-order chi connectivity index (χ0) is 14.4. The zero-order valence-electron chi connectivity index (χ0n) is 11.2. The first-order chi connectivity index (χ1) is 9.74. The third-order valence-corrected chi connectivity index (χ3v) is 3.13. The van der Waals surface area contributed by atoms with Crippen molar-refractivity contribution in [1.82, 2.24) is 0 Å². The molecule has 0 unspecified atom stereocenters. The first kappa shape index (κ1) is 14.5. The summed E-state index contributed by atoms with van der Waals surface area (Å²) in [6.45, 7) is 0.676. The van der Waals surface area contributed by atoms with Gasteiger partial charge < -0.3 is 15.6 Å². The van der Waals surface area contributed by atoms with Gasteiger partial charge in [0.05, 0.1) is 0 Å². The number of benzene rings is 2. The summed E-state index contributed by atoms with van der Waals surface area (Å²) in [4.78, 5) is 0. The van der Waals surface area contributed by atoms with Crippen LogP contribution < -0.4 is 10.5 Å². The molecule has 0 aromatic heterocycles. The Labute approximate surface area is 117 Å². The number of halogens is 1. The van der Waals surface area contributed by atoms with Crippen LogP contribution in [0.2, 0.25) is 0 Å². The largest absolute Gasteiger partial charge is 0.489 e. The van der Waals surface area contributed by atoms with Crippen molar-refractivity contribution < 1.29 is 14.2 Å². The van der Waals surface area contributed by atoms with Gasteiger partial charge in [-0.05, 0) is 41.3 Å². The van der Waals surface area contributed by atoms with E-state index < -0.39 is 0 Å². The predicted octanol–water partition coefficient (Wildman–Crippen LogP) is 2.40. The summed E-state index contributed by atoms with van der Waals surface area (Å²) in [6, 6.07) is 12.1. The Kier molecular flexibility index (Phi) is 5.09. The van der Waals surface area contributed by atoms with Gasteiger partial charge in [0.15, 0.2) is 0 Å². The van der Waals surface area contributed by atoms with Gasteiger partial charge >= 0.3 is 0 Å². The fourth-order valence-corrected chi connectivity index (χ4v) is 2.05. The molecule has 106 valence electrons. The first-order valence-corrected chi connectivity index (χ1v) is 6.53. The smallest absolute Gasteiger partial charge is 0.123 e. The van der Waals surface area contributed by atoms with Gasteiger partial charge in [0, 0.05) is 13.2 Å².